The Morgan fingerprint density at radius 1 is 1.48 bits per heavy atom. The Morgan fingerprint density at radius 3 is 3.04 bits per heavy atom. The number of aromatic nitrogens is 2. The fourth-order valence-electron chi connectivity index (χ4n) is 1.62. The predicted molar refractivity (Wildman–Crippen MR) is 92.3 cm³/mol. The van der Waals surface area contributed by atoms with Gasteiger partial charge in [0.1, 0.15) is 5.82 Å². The van der Waals surface area contributed by atoms with Crippen molar-refractivity contribution in [1.82, 2.24) is 15.5 Å². The molecule has 8 heteroatoms. The van der Waals surface area contributed by atoms with Gasteiger partial charge in [-0.1, -0.05) is 41.3 Å². The SMILES string of the molecule is C=CCNc1nnc(SCC(=O)NCc2ccc(C)c(F)c2)s1. The number of aryl methyl sites for hydroxylation is 1. The van der Waals surface area contributed by atoms with Gasteiger partial charge in [-0.25, -0.2) is 4.39 Å². The minimum Gasteiger partial charge on any atom is -0.357 e. The first-order valence-electron chi connectivity index (χ1n) is 6.91. The van der Waals surface area contributed by atoms with Crippen molar-refractivity contribution in [3.8, 4) is 0 Å². The van der Waals surface area contributed by atoms with Crippen molar-refractivity contribution >= 4 is 34.1 Å². The molecule has 1 aromatic carbocycles. The van der Waals surface area contributed by atoms with Crippen LogP contribution in [0.25, 0.3) is 0 Å². The number of rotatable bonds is 8. The van der Waals surface area contributed by atoms with Crippen molar-refractivity contribution < 1.29 is 9.18 Å². The number of anilines is 1. The normalized spacial score (nSPS) is 10.3. The smallest absolute Gasteiger partial charge is 0.230 e. The third kappa shape index (κ3) is 5.65. The number of halogens is 1. The minimum atomic E-state index is -0.264. The first-order valence-corrected chi connectivity index (χ1v) is 8.71. The topological polar surface area (TPSA) is 66.9 Å². The Labute approximate surface area is 142 Å². The van der Waals surface area contributed by atoms with Crippen molar-refractivity contribution in [3.63, 3.8) is 0 Å². The third-order valence-corrected chi connectivity index (χ3v) is 4.87. The number of carbonyl (C=O) groups excluding carboxylic acids is 1. The predicted octanol–water partition coefficient (Wildman–Crippen LogP) is 2.99. The van der Waals surface area contributed by atoms with Crippen LogP contribution in [0, 0.1) is 12.7 Å². The molecule has 2 aromatic rings. The number of nitrogens with one attached hydrogen (secondary N) is 2. The second-order valence-electron chi connectivity index (χ2n) is 4.69. The van der Waals surface area contributed by atoms with E-state index in [0.29, 0.717) is 28.1 Å². The van der Waals surface area contributed by atoms with Crippen LogP contribution in [-0.4, -0.2) is 28.4 Å². The summed E-state index contributed by atoms with van der Waals surface area (Å²) in [7, 11) is 0. The molecular formula is C15H17FN4OS2. The quantitative estimate of drug-likeness (QED) is 0.565. The van der Waals surface area contributed by atoms with Crippen LogP contribution >= 0.6 is 23.1 Å². The molecular weight excluding hydrogens is 335 g/mol. The first kappa shape index (κ1) is 17.4. The van der Waals surface area contributed by atoms with Crippen LogP contribution in [0.3, 0.4) is 0 Å². The highest BCUT2D eigenvalue weighted by molar-refractivity contribution is 8.01. The van der Waals surface area contributed by atoms with Gasteiger partial charge in [-0.15, -0.1) is 16.8 Å². The monoisotopic (exact) mass is 352 g/mol. The maximum atomic E-state index is 13.4. The Balaban J connectivity index is 1.75. The molecule has 2 rings (SSSR count). The van der Waals surface area contributed by atoms with Gasteiger partial charge in [0.25, 0.3) is 0 Å². The number of carbonyl (C=O) groups is 1. The molecule has 0 unspecified atom stereocenters. The lowest BCUT2D eigenvalue weighted by Crippen LogP contribution is -2.24. The number of amides is 1. The Morgan fingerprint density at radius 2 is 2.30 bits per heavy atom. The summed E-state index contributed by atoms with van der Waals surface area (Å²) >= 11 is 2.70. The second-order valence-corrected chi connectivity index (χ2v) is 6.89. The van der Waals surface area contributed by atoms with Gasteiger partial charge < -0.3 is 10.6 Å². The van der Waals surface area contributed by atoms with Crippen molar-refractivity contribution in [3.05, 3.63) is 47.8 Å². The molecule has 0 aliphatic heterocycles. The Hall–Kier alpha value is -1.93. The third-order valence-electron chi connectivity index (χ3n) is 2.86. The van der Waals surface area contributed by atoms with Crippen molar-refractivity contribution in [1.29, 1.82) is 0 Å². The number of nitrogens with zero attached hydrogens (tertiary/aromatic N) is 2. The van der Waals surface area contributed by atoms with E-state index in [0.717, 1.165) is 5.56 Å². The van der Waals surface area contributed by atoms with Gasteiger partial charge >= 0.3 is 0 Å². The van der Waals surface area contributed by atoms with E-state index in [1.165, 1.54) is 29.2 Å². The van der Waals surface area contributed by atoms with Gasteiger partial charge in [0.2, 0.25) is 11.0 Å². The molecule has 1 aromatic heterocycles. The van der Waals surface area contributed by atoms with Crippen LogP contribution in [0.5, 0.6) is 0 Å². The fourth-order valence-corrected chi connectivity index (χ4v) is 3.21. The van der Waals surface area contributed by atoms with Crippen molar-refractivity contribution in [2.45, 2.75) is 17.8 Å². The lowest BCUT2D eigenvalue weighted by molar-refractivity contribution is -0.118. The van der Waals surface area contributed by atoms with Crippen LogP contribution in [0.4, 0.5) is 9.52 Å². The number of benzene rings is 1. The molecule has 5 nitrogen and oxygen atoms in total. The zero-order valence-electron chi connectivity index (χ0n) is 12.6. The molecule has 0 bridgehead atoms. The summed E-state index contributed by atoms with van der Waals surface area (Å²) in [5.41, 5.74) is 1.33. The minimum absolute atomic E-state index is 0.133. The van der Waals surface area contributed by atoms with Crippen molar-refractivity contribution in [2.24, 2.45) is 0 Å². The molecule has 122 valence electrons. The molecule has 0 aliphatic rings. The first-order chi connectivity index (χ1) is 11.1. The molecule has 0 atom stereocenters. The van der Waals surface area contributed by atoms with Crippen LogP contribution in [0.2, 0.25) is 0 Å². The van der Waals surface area contributed by atoms with Gasteiger partial charge in [-0.3, -0.25) is 4.79 Å². The largest absolute Gasteiger partial charge is 0.357 e. The number of thioether (sulfide) groups is 1. The van der Waals surface area contributed by atoms with E-state index in [-0.39, 0.29) is 17.5 Å². The molecule has 1 heterocycles. The van der Waals surface area contributed by atoms with Gasteiger partial charge in [0.05, 0.1) is 5.75 Å². The zero-order valence-corrected chi connectivity index (χ0v) is 14.3. The van der Waals surface area contributed by atoms with E-state index in [2.05, 4.69) is 27.4 Å². The average molecular weight is 352 g/mol. The van der Waals surface area contributed by atoms with E-state index in [9.17, 15) is 9.18 Å². The van der Waals surface area contributed by atoms with Gasteiger partial charge in [0, 0.05) is 13.1 Å². The molecule has 0 aliphatic carbocycles. The van der Waals surface area contributed by atoms with E-state index < -0.39 is 0 Å². The fraction of sp³-hybridized carbons (Fsp3) is 0.267. The van der Waals surface area contributed by atoms with Crippen LogP contribution in [0.1, 0.15) is 11.1 Å². The molecule has 0 spiro atoms. The van der Waals surface area contributed by atoms with E-state index >= 15 is 0 Å². The maximum Gasteiger partial charge on any atom is 0.230 e. The number of hydrogen-bond donors (Lipinski definition) is 2. The van der Waals surface area contributed by atoms with Gasteiger partial charge in [-0.05, 0) is 24.1 Å². The molecule has 0 saturated carbocycles. The summed E-state index contributed by atoms with van der Waals surface area (Å²) in [5.74, 6) is -0.156. The summed E-state index contributed by atoms with van der Waals surface area (Å²) in [6.07, 6.45) is 1.73. The number of hydrogen-bond acceptors (Lipinski definition) is 6. The highest BCUT2D eigenvalue weighted by Crippen LogP contribution is 2.25. The summed E-state index contributed by atoms with van der Waals surface area (Å²) in [6, 6.07) is 4.93. The molecule has 23 heavy (non-hydrogen) atoms. The molecule has 0 fully saturated rings. The van der Waals surface area contributed by atoms with Crippen LogP contribution in [0.15, 0.2) is 35.2 Å². The summed E-state index contributed by atoms with van der Waals surface area (Å²) in [4.78, 5) is 11.8. The second kappa shape index (κ2) is 8.64. The van der Waals surface area contributed by atoms with E-state index in [1.54, 1.807) is 25.1 Å². The molecule has 0 radical (unpaired) electrons. The van der Waals surface area contributed by atoms with Crippen LogP contribution in [-0.2, 0) is 11.3 Å². The van der Waals surface area contributed by atoms with E-state index in [4.69, 9.17) is 0 Å². The molecule has 2 N–H and O–H groups in total. The summed E-state index contributed by atoms with van der Waals surface area (Å²) in [6.45, 7) is 6.24. The lowest BCUT2D eigenvalue weighted by Gasteiger charge is -2.05. The zero-order chi connectivity index (χ0) is 16.7. The van der Waals surface area contributed by atoms with Gasteiger partial charge in [-0.2, -0.15) is 0 Å². The standard InChI is InChI=1S/C15H17FN4OS2/c1-3-6-17-14-19-20-15(23-14)22-9-13(21)18-8-11-5-4-10(2)12(16)7-11/h3-5,7H,1,6,8-9H2,2H3,(H,17,19)(H,18,21). The maximum absolute atomic E-state index is 13.4. The summed E-state index contributed by atoms with van der Waals surface area (Å²) < 4.78 is 14.1. The highest BCUT2D eigenvalue weighted by Gasteiger charge is 2.08. The molecule has 0 saturated heterocycles. The highest BCUT2D eigenvalue weighted by atomic mass is 32.2. The van der Waals surface area contributed by atoms with Gasteiger partial charge in [0.15, 0.2) is 4.34 Å². The lowest BCUT2D eigenvalue weighted by atomic mass is 10.1. The van der Waals surface area contributed by atoms with Crippen molar-refractivity contribution in [2.75, 3.05) is 17.6 Å². The molecule has 1 amide bonds. The van der Waals surface area contributed by atoms with E-state index in [1.807, 2.05) is 0 Å². The Bertz CT molecular complexity index is 690. The van der Waals surface area contributed by atoms with Crippen LogP contribution < -0.4 is 10.6 Å². The average Bonchev–Trinajstić information content (AvgIpc) is 3.00. The summed E-state index contributed by atoms with van der Waals surface area (Å²) in [5, 5.41) is 14.4. The Kier molecular flexibility index (Phi) is 6.54.